The molecule has 2 aromatic rings. The van der Waals surface area contributed by atoms with E-state index < -0.39 is 0 Å². The van der Waals surface area contributed by atoms with Crippen molar-refractivity contribution in [3.8, 4) is 5.69 Å². The van der Waals surface area contributed by atoms with Crippen molar-refractivity contribution >= 4 is 17.7 Å². The molecule has 0 saturated carbocycles. The second-order valence-electron chi connectivity index (χ2n) is 5.78. The SMILES string of the molecule is CCN(CCNC(=O)c1cnc(SC)n1-c1ccccc1)C(C)C. The Morgan fingerprint density at radius 1 is 1.33 bits per heavy atom. The molecule has 0 atom stereocenters. The first-order chi connectivity index (χ1) is 11.6. The molecule has 0 unspecified atom stereocenters. The number of carbonyl (C=O) groups is 1. The molecule has 0 radical (unpaired) electrons. The van der Waals surface area contributed by atoms with Crippen LogP contribution in [0.5, 0.6) is 0 Å². The van der Waals surface area contributed by atoms with Crippen LogP contribution >= 0.6 is 11.8 Å². The molecule has 0 spiro atoms. The summed E-state index contributed by atoms with van der Waals surface area (Å²) in [7, 11) is 0. The van der Waals surface area contributed by atoms with Crippen LogP contribution in [0, 0.1) is 0 Å². The molecule has 130 valence electrons. The van der Waals surface area contributed by atoms with E-state index in [1.54, 1.807) is 6.20 Å². The molecule has 1 N–H and O–H groups in total. The van der Waals surface area contributed by atoms with Crippen molar-refractivity contribution in [3.63, 3.8) is 0 Å². The highest BCUT2D eigenvalue weighted by molar-refractivity contribution is 7.98. The predicted molar refractivity (Wildman–Crippen MR) is 100 cm³/mol. The topological polar surface area (TPSA) is 50.2 Å². The van der Waals surface area contributed by atoms with Crippen LogP contribution in [0.3, 0.4) is 0 Å². The summed E-state index contributed by atoms with van der Waals surface area (Å²) in [6.07, 6.45) is 3.61. The molecule has 1 aromatic heterocycles. The van der Waals surface area contributed by atoms with Crippen molar-refractivity contribution in [1.29, 1.82) is 0 Å². The molecule has 1 aromatic carbocycles. The van der Waals surface area contributed by atoms with Crippen molar-refractivity contribution in [2.75, 3.05) is 25.9 Å². The molecule has 0 saturated heterocycles. The molecule has 0 bridgehead atoms. The number of nitrogens with zero attached hydrogens (tertiary/aromatic N) is 3. The van der Waals surface area contributed by atoms with Gasteiger partial charge in [0.1, 0.15) is 5.69 Å². The van der Waals surface area contributed by atoms with Gasteiger partial charge >= 0.3 is 0 Å². The van der Waals surface area contributed by atoms with E-state index >= 15 is 0 Å². The number of hydrogen-bond acceptors (Lipinski definition) is 4. The van der Waals surface area contributed by atoms with E-state index in [2.05, 4.69) is 36.0 Å². The lowest BCUT2D eigenvalue weighted by Crippen LogP contribution is -2.38. The first-order valence-corrected chi connectivity index (χ1v) is 9.50. The minimum atomic E-state index is -0.0912. The average Bonchev–Trinajstić information content (AvgIpc) is 3.03. The Labute approximate surface area is 148 Å². The number of carbonyl (C=O) groups excluding carboxylic acids is 1. The number of aromatic nitrogens is 2. The van der Waals surface area contributed by atoms with E-state index in [4.69, 9.17) is 0 Å². The Morgan fingerprint density at radius 3 is 2.62 bits per heavy atom. The van der Waals surface area contributed by atoms with Crippen LogP contribution < -0.4 is 5.32 Å². The quantitative estimate of drug-likeness (QED) is 0.747. The van der Waals surface area contributed by atoms with Crippen molar-refractivity contribution in [3.05, 3.63) is 42.2 Å². The number of benzene rings is 1. The molecule has 24 heavy (non-hydrogen) atoms. The number of likely N-dealkylation sites (N-methyl/N-ethyl adjacent to an activating group) is 1. The largest absolute Gasteiger partial charge is 0.349 e. The van der Waals surface area contributed by atoms with E-state index in [1.165, 1.54) is 11.8 Å². The Hall–Kier alpha value is -1.79. The van der Waals surface area contributed by atoms with E-state index in [0.29, 0.717) is 18.3 Å². The van der Waals surface area contributed by atoms with Gasteiger partial charge in [0, 0.05) is 24.8 Å². The molecule has 1 amide bonds. The summed E-state index contributed by atoms with van der Waals surface area (Å²) < 4.78 is 1.90. The molecule has 0 aliphatic carbocycles. The summed E-state index contributed by atoms with van der Waals surface area (Å²) in [5, 5.41) is 3.82. The third-order valence-corrected chi connectivity index (χ3v) is 4.63. The summed E-state index contributed by atoms with van der Waals surface area (Å²) >= 11 is 1.53. The molecule has 0 fully saturated rings. The summed E-state index contributed by atoms with van der Waals surface area (Å²) in [5.74, 6) is -0.0912. The zero-order chi connectivity index (χ0) is 17.5. The van der Waals surface area contributed by atoms with Crippen molar-refractivity contribution in [2.45, 2.75) is 32.0 Å². The summed E-state index contributed by atoms with van der Waals surface area (Å²) in [5.41, 5.74) is 1.51. The fourth-order valence-corrected chi connectivity index (χ4v) is 3.20. The van der Waals surface area contributed by atoms with Crippen molar-refractivity contribution in [1.82, 2.24) is 19.8 Å². The second kappa shape index (κ2) is 8.89. The molecule has 5 nitrogen and oxygen atoms in total. The molecule has 0 aliphatic rings. The number of para-hydroxylation sites is 1. The first-order valence-electron chi connectivity index (χ1n) is 8.27. The van der Waals surface area contributed by atoms with Crippen LogP contribution in [0.1, 0.15) is 31.3 Å². The van der Waals surface area contributed by atoms with Gasteiger partial charge in [-0.3, -0.25) is 14.3 Å². The predicted octanol–water partition coefficient (Wildman–Crippen LogP) is 3.05. The number of imidazole rings is 1. The van der Waals surface area contributed by atoms with E-state index in [9.17, 15) is 4.79 Å². The minimum Gasteiger partial charge on any atom is -0.349 e. The maximum absolute atomic E-state index is 12.6. The summed E-state index contributed by atoms with van der Waals surface area (Å²) in [6.45, 7) is 8.92. The van der Waals surface area contributed by atoms with E-state index in [1.807, 2.05) is 41.2 Å². The van der Waals surface area contributed by atoms with Gasteiger partial charge in [-0.1, -0.05) is 36.9 Å². The Morgan fingerprint density at radius 2 is 2.04 bits per heavy atom. The highest BCUT2D eigenvalue weighted by Crippen LogP contribution is 2.21. The average molecular weight is 347 g/mol. The Kier molecular flexibility index (Phi) is 6.87. The lowest BCUT2D eigenvalue weighted by molar-refractivity contribution is 0.0938. The molecular weight excluding hydrogens is 320 g/mol. The second-order valence-corrected chi connectivity index (χ2v) is 6.55. The van der Waals surface area contributed by atoms with E-state index in [0.717, 1.165) is 23.9 Å². The smallest absolute Gasteiger partial charge is 0.270 e. The highest BCUT2D eigenvalue weighted by atomic mass is 32.2. The highest BCUT2D eigenvalue weighted by Gasteiger charge is 2.17. The molecular formula is C18H26N4OS. The summed E-state index contributed by atoms with van der Waals surface area (Å²) in [4.78, 5) is 19.3. The van der Waals surface area contributed by atoms with Gasteiger partial charge in [-0.2, -0.15) is 0 Å². The van der Waals surface area contributed by atoms with Crippen LogP contribution in [-0.4, -0.2) is 52.3 Å². The summed E-state index contributed by atoms with van der Waals surface area (Å²) in [6, 6.07) is 10.3. The Balaban J connectivity index is 2.12. The van der Waals surface area contributed by atoms with Crippen LogP contribution in [0.2, 0.25) is 0 Å². The van der Waals surface area contributed by atoms with Gasteiger partial charge in [0.15, 0.2) is 5.16 Å². The minimum absolute atomic E-state index is 0.0912. The lowest BCUT2D eigenvalue weighted by Gasteiger charge is -2.24. The number of thioether (sulfide) groups is 1. The third kappa shape index (κ3) is 4.39. The van der Waals surface area contributed by atoms with Crippen molar-refractivity contribution < 1.29 is 4.79 Å². The lowest BCUT2D eigenvalue weighted by atomic mass is 10.3. The third-order valence-electron chi connectivity index (χ3n) is 3.98. The molecule has 6 heteroatoms. The fourth-order valence-electron chi connectivity index (χ4n) is 2.65. The van der Waals surface area contributed by atoms with Gasteiger partial charge in [0.2, 0.25) is 0 Å². The maximum atomic E-state index is 12.6. The standard InChI is InChI=1S/C18H26N4OS/c1-5-21(14(2)3)12-11-19-17(23)16-13-20-18(24-4)22(16)15-9-7-6-8-10-15/h6-10,13-14H,5,11-12H2,1-4H3,(H,19,23). The van der Waals surface area contributed by atoms with Gasteiger partial charge in [0.05, 0.1) is 6.20 Å². The first kappa shape index (κ1) is 18.5. The van der Waals surface area contributed by atoms with Gasteiger partial charge in [-0.25, -0.2) is 4.98 Å². The monoisotopic (exact) mass is 346 g/mol. The maximum Gasteiger partial charge on any atom is 0.270 e. The van der Waals surface area contributed by atoms with Crippen molar-refractivity contribution in [2.24, 2.45) is 0 Å². The van der Waals surface area contributed by atoms with Crippen LogP contribution in [0.25, 0.3) is 5.69 Å². The molecule has 0 aliphatic heterocycles. The van der Waals surface area contributed by atoms with Crippen LogP contribution in [-0.2, 0) is 0 Å². The van der Waals surface area contributed by atoms with Gasteiger partial charge < -0.3 is 5.32 Å². The number of amides is 1. The van der Waals surface area contributed by atoms with Gasteiger partial charge in [0.25, 0.3) is 5.91 Å². The zero-order valence-electron chi connectivity index (χ0n) is 14.8. The Bertz CT molecular complexity index is 654. The zero-order valence-corrected chi connectivity index (χ0v) is 15.6. The number of nitrogens with one attached hydrogen (secondary N) is 1. The molecule has 1 heterocycles. The van der Waals surface area contributed by atoms with Crippen LogP contribution in [0.4, 0.5) is 0 Å². The normalized spacial score (nSPS) is 11.2. The molecule has 2 rings (SSSR count). The number of rotatable bonds is 8. The van der Waals surface area contributed by atoms with Gasteiger partial charge in [-0.05, 0) is 38.8 Å². The van der Waals surface area contributed by atoms with E-state index in [-0.39, 0.29) is 5.91 Å². The van der Waals surface area contributed by atoms with Crippen LogP contribution in [0.15, 0.2) is 41.7 Å². The fraction of sp³-hybridized carbons (Fsp3) is 0.444. The number of hydrogen-bond donors (Lipinski definition) is 1. The van der Waals surface area contributed by atoms with Gasteiger partial charge in [-0.15, -0.1) is 0 Å².